The van der Waals surface area contributed by atoms with Crippen LogP contribution in [0.5, 0.6) is 0 Å². The van der Waals surface area contributed by atoms with Crippen LogP contribution in [-0.4, -0.2) is 58.8 Å². The van der Waals surface area contributed by atoms with Crippen molar-refractivity contribution in [3.8, 4) is 0 Å². The first-order chi connectivity index (χ1) is 16.7. The Labute approximate surface area is 200 Å². The molecule has 0 spiro atoms. The number of nitrogens with zero attached hydrogens (tertiary/aromatic N) is 5. The summed E-state index contributed by atoms with van der Waals surface area (Å²) in [4.78, 5) is 25.1. The molecule has 1 aliphatic heterocycles. The third kappa shape index (κ3) is 5.80. The van der Waals surface area contributed by atoms with E-state index < -0.39 is 23.5 Å². The average Bonchev–Trinajstić information content (AvgIpc) is 2.79. The lowest BCUT2D eigenvalue weighted by Gasteiger charge is -2.39. The topological polar surface area (TPSA) is 84.8 Å². The molecule has 11 heteroatoms. The van der Waals surface area contributed by atoms with Gasteiger partial charge in [0, 0.05) is 43.6 Å². The Bertz CT molecular complexity index is 1210. The van der Waals surface area contributed by atoms with E-state index in [1.165, 1.54) is 18.3 Å². The second-order valence-corrected chi connectivity index (χ2v) is 8.45. The highest BCUT2D eigenvalue weighted by Crippen LogP contribution is 2.27. The standard InChI is InChI=1S/C24H25F3N6O2/c1-15-13-32(8-7-31(15)2)21-4-3-19(12-20(21)27)29-23-28-6-5-22(30-23)33(24(34)35)14-16-9-17(25)11-18(26)10-16/h3-6,9-12,15H,7-8,13-14H2,1-2H3,(H,34,35)(H,28,29,30). The smallest absolute Gasteiger partial charge is 0.413 e. The Balaban J connectivity index is 1.51. The molecule has 1 aromatic heterocycles. The molecule has 184 valence electrons. The number of likely N-dealkylation sites (N-methyl/N-ethyl adjacent to an activating group) is 1. The van der Waals surface area contributed by atoms with Gasteiger partial charge in [0.25, 0.3) is 0 Å². The van der Waals surface area contributed by atoms with Crippen molar-refractivity contribution in [1.82, 2.24) is 14.9 Å². The largest absolute Gasteiger partial charge is 0.465 e. The van der Waals surface area contributed by atoms with E-state index in [1.807, 2.05) is 11.9 Å². The molecule has 1 atom stereocenters. The highest BCUT2D eigenvalue weighted by molar-refractivity contribution is 5.84. The Kier molecular flexibility index (Phi) is 7.06. The summed E-state index contributed by atoms with van der Waals surface area (Å²) in [6.45, 7) is 4.04. The number of carboxylic acid groups (broad SMARTS) is 1. The number of carbonyl (C=O) groups is 1. The SMILES string of the molecule is CC1CN(c2ccc(Nc3nccc(N(Cc4cc(F)cc(F)c4)C(=O)O)n3)cc2F)CCN1C. The number of halogens is 3. The van der Waals surface area contributed by atoms with Crippen LogP contribution < -0.4 is 15.1 Å². The maximum absolute atomic E-state index is 14.9. The van der Waals surface area contributed by atoms with E-state index in [-0.39, 0.29) is 23.9 Å². The molecule has 1 fully saturated rings. The summed E-state index contributed by atoms with van der Waals surface area (Å²) in [5, 5.41) is 12.5. The fourth-order valence-corrected chi connectivity index (χ4v) is 3.93. The lowest BCUT2D eigenvalue weighted by Crippen LogP contribution is -2.50. The van der Waals surface area contributed by atoms with Crippen LogP contribution in [0.2, 0.25) is 0 Å². The molecule has 0 aliphatic carbocycles. The summed E-state index contributed by atoms with van der Waals surface area (Å²) >= 11 is 0. The zero-order valence-electron chi connectivity index (χ0n) is 19.3. The minimum atomic E-state index is -1.36. The third-order valence-electron chi connectivity index (χ3n) is 5.92. The van der Waals surface area contributed by atoms with Crippen molar-refractivity contribution in [2.24, 2.45) is 0 Å². The van der Waals surface area contributed by atoms with E-state index in [2.05, 4.69) is 27.1 Å². The molecule has 3 aromatic rings. The minimum absolute atomic E-state index is 0.0109. The normalized spacial score (nSPS) is 16.3. The predicted octanol–water partition coefficient (Wildman–Crippen LogP) is 4.46. The van der Waals surface area contributed by atoms with Crippen molar-refractivity contribution in [3.05, 3.63) is 71.7 Å². The molecule has 0 saturated carbocycles. The average molecular weight is 486 g/mol. The summed E-state index contributed by atoms with van der Waals surface area (Å²) in [6.07, 6.45) is -0.0283. The molecule has 0 radical (unpaired) electrons. The summed E-state index contributed by atoms with van der Waals surface area (Å²) in [6, 6.07) is 9.17. The highest BCUT2D eigenvalue weighted by atomic mass is 19.1. The van der Waals surface area contributed by atoms with E-state index in [9.17, 15) is 23.1 Å². The van der Waals surface area contributed by atoms with Gasteiger partial charge in [-0.1, -0.05) is 0 Å². The second-order valence-electron chi connectivity index (χ2n) is 8.45. The number of nitrogens with one attached hydrogen (secondary N) is 1. The van der Waals surface area contributed by atoms with Crippen molar-refractivity contribution >= 4 is 29.2 Å². The van der Waals surface area contributed by atoms with Crippen molar-refractivity contribution in [1.29, 1.82) is 0 Å². The van der Waals surface area contributed by atoms with Gasteiger partial charge >= 0.3 is 6.09 Å². The van der Waals surface area contributed by atoms with Crippen molar-refractivity contribution in [3.63, 3.8) is 0 Å². The highest BCUT2D eigenvalue weighted by Gasteiger charge is 2.23. The summed E-state index contributed by atoms with van der Waals surface area (Å²) < 4.78 is 42.0. The van der Waals surface area contributed by atoms with Crippen molar-refractivity contribution in [2.45, 2.75) is 19.5 Å². The zero-order valence-corrected chi connectivity index (χ0v) is 19.3. The van der Waals surface area contributed by atoms with Crippen LogP contribution in [0.15, 0.2) is 48.7 Å². The molecule has 35 heavy (non-hydrogen) atoms. The maximum Gasteiger partial charge on any atom is 0.413 e. The van der Waals surface area contributed by atoms with Crippen LogP contribution in [-0.2, 0) is 6.54 Å². The Morgan fingerprint density at radius 3 is 2.54 bits per heavy atom. The van der Waals surface area contributed by atoms with Gasteiger partial charge in [0.15, 0.2) is 0 Å². The van der Waals surface area contributed by atoms with Gasteiger partial charge in [0.1, 0.15) is 23.3 Å². The molecule has 0 bridgehead atoms. The van der Waals surface area contributed by atoms with Gasteiger partial charge in [0.2, 0.25) is 5.95 Å². The molecule has 1 aliphatic rings. The Hall–Kier alpha value is -3.86. The van der Waals surface area contributed by atoms with Crippen LogP contribution in [0.1, 0.15) is 12.5 Å². The van der Waals surface area contributed by atoms with Crippen molar-refractivity contribution < 1.29 is 23.1 Å². The molecule has 2 heterocycles. The number of benzene rings is 2. The second kappa shape index (κ2) is 10.2. The predicted molar refractivity (Wildman–Crippen MR) is 127 cm³/mol. The molecule has 8 nitrogen and oxygen atoms in total. The number of amides is 1. The molecule has 4 rings (SSSR count). The number of piperazine rings is 1. The Morgan fingerprint density at radius 2 is 1.89 bits per heavy atom. The van der Waals surface area contributed by atoms with Gasteiger partial charge in [0.05, 0.1) is 12.2 Å². The molecule has 2 aromatic carbocycles. The fourth-order valence-electron chi connectivity index (χ4n) is 3.93. The van der Waals surface area contributed by atoms with E-state index in [1.54, 1.807) is 12.1 Å². The molecule has 2 N–H and O–H groups in total. The van der Waals surface area contributed by atoms with Crippen LogP contribution in [0.25, 0.3) is 0 Å². The van der Waals surface area contributed by atoms with E-state index in [0.717, 1.165) is 30.1 Å². The number of rotatable bonds is 6. The number of hydrogen-bond donors (Lipinski definition) is 2. The molecular formula is C24H25F3N6O2. The quantitative estimate of drug-likeness (QED) is 0.532. The van der Waals surface area contributed by atoms with Gasteiger partial charge in [-0.15, -0.1) is 0 Å². The van der Waals surface area contributed by atoms with Gasteiger partial charge in [-0.05, 0) is 55.9 Å². The fraction of sp³-hybridized carbons (Fsp3) is 0.292. The summed E-state index contributed by atoms with van der Waals surface area (Å²) in [5.74, 6) is -2.00. The monoisotopic (exact) mass is 486 g/mol. The summed E-state index contributed by atoms with van der Waals surface area (Å²) in [7, 11) is 2.04. The molecule has 1 saturated heterocycles. The number of anilines is 4. The molecule has 1 amide bonds. The molecule has 1 unspecified atom stereocenters. The van der Waals surface area contributed by atoms with Gasteiger partial charge in [-0.3, -0.25) is 4.90 Å². The zero-order chi connectivity index (χ0) is 25.1. The lowest BCUT2D eigenvalue weighted by molar-refractivity contribution is 0.201. The first kappa shape index (κ1) is 24.3. The van der Waals surface area contributed by atoms with E-state index in [4.69, 9.17) is 0 Å². The molecular weight excluding hydrogens is 461 g/mol. The summed E-state index contributed by atoms with van der Waals surface area (Å²) in [5.41, 5.74) is 1.01. The van der Waals surface area contributed by atoms with E-state index >= 15 is 0 Å². The lowest BCUT2D eigenvalue weighted by atomic mass is 10.1. The van der Waals surface area contributed by atoms with Gasteiger partial charge in [-0.25, -0.2) is 22.9 Å². The van der Waals surface area contributed by atoms with Gasteiger partial charge < -0.3 is 20.2 Å². The minimum Gasteiger partial charge on any atom is -0.465 e. The number of hydrogen-bond acceptors (Lipinski definition) is 6. The van der Waals surface area contributed by atoms with Crippen molar-refractivity contribution in [2.75, 3.05) is 41.8 Å². The Morgan fingerprint density at radius 1 is 1.14 bits per heavy atom. The first-order valence-corrected chi connectivity index (χ1v) is 11.0. The van der Waals surface area contributed by atoms with Crippen LogP contribution in [0.3, 0.4) is 0 Å². The van der Waals surface area contributed by atoms with Crippen LogP contribution >= 0.6 is 0 Å². The van der Waals surface area contributed by atoms with Gasteiger partial charge in [-0.2, -0.15) is 4.98 Å². The number of aromatic nitrogens is 2. The van der Waals surface area contributed by atoms with E-state index in [0.29, 0.717) is 30.0 Å². The van der Waals surface area contributed by atoms with Crippen LogP contribution in [0.4, 0.5) is 41.1 Å². The first-order valence-electron chi connectivity index (χ1n) is 11.0. The van der Waals surface area contributed by atoms with Crippen LogP contribution in [0, 0.1) is 17.5 Å². The maximum atomic E-state index is 14.9. The third-order valence-corrected chi connectivity index (χ3v) is 5.92.